The lowest BCUT2D eigenvalue weighted by molar-refractivity contribution is 0.664. The van der Waals surface area contributed by atoms with Crippen molar-refractivity contribution in [2.45, 2.75) is 31.6 Å². The van der Waals surface area contributed by atoms with Crippen molar-refractivity contribution < 1.29 is 0 Å². The first-order valence-corrected chi connectivity index (χ1v) is 6.48. The van der Waals surface area contributed by atoms with Crippen LogP contribution in [0.1, 0.15) is 37.4 Å². The maximum Gasteiger partial charge on any atom is 0.134 e. The molecule has 2 aromatic heterocycles. The van der Waals surface area contributed by atoms with Crippen LogP contribution in [0.25, 0.3) is 5.52 Å². The van der Waals surface area contributed by atoms with Crippen molar-refractivity contribution in [2.24, 2.45) is 0 Å². The first-order valence-electron chi connectivity index (χ1n) is 5.69. The van der Waals surface area contributed by atoms with E-state index in [2.05, 4.69) is 31.5 Å². The van der Waals surface area contributed by atoms with Crippen molar-refractivity contribution in [2.75, 3.05) is 5.73 Å². The highest BCUT2D eigenvalue weighted by Crippen LogP contribution is 2.36. The predicted molar refractivity (Wildman–Crippen MR) is 68.5 cm³/mol. The summed E-state index contributed by atoms with van der Waals surface area (Å²) in [6.45, 7) is 0. The van der Waals surface area contributed by atoms with Crippen molar-refractivity contribution >= 4 is 27.1 Å². The number of fused-ring (bicyclic) bond motifs is 1. The Bertz CT molecular complexity index is 526. The largest absolute Gasteiger partial charge is 0.397 e. The van der Waals surface area contributed by atoms with Crippen LogP contribution < -0.4 is 5.73 Å². The van der Waals surface area contributed by atoms with Crippen molar-refractivity contribution in [3.8, 4) is 0 Å². The van der Waals surface area contributed by atoms with Crippen molar-refractivity contribution in [3.05, 3.63) is 28.8 Å². The SMILES string of the molecule is Nc1cccn2c(C3CCCC3)nc(Br)c12. The molecule has 1 aliphatic carbocycles. The third-order valence-corrected chi connectivity index (χ3v) is 3.95. The highest BCUT2D eigenvalue weighted by Gasteiger charge is 2.23. The average Bonchev–Trinajstić information content (AvgIpc) is 2.86. The molecule has 0 spiro atoms. The van der Waals surface area contributed by atoms with Gasteiger partial charge in [-0.25, -0.2) is 4.98 Å². The van der Waals surface area contributed by atoms with Gasteiger partial charge in [-0.2, -0.15) is 0 Å². The van der Waals surface area contributed by atoms with Gasteiger partial charge >= 0.3 is 0 Å². The third-order valence-electron chi connectivity index (χ3n) is 3.40. The summed E-state index contributed by atoms with van der Waals surface area (Å²) in [5.74, 6) is 1.76. The van der Waals surface area contributed by atoms with E-state index in [9.17, 15) is 0 Å². The second-order valence-corrected chi connectivity index (χ2v) is 5.18. The molecule has 2 N–H and O–H groups in total. The van der Waals surface area contributed by atoms with Crippen LogP contribution in [0.3, 0.4) is 0 Å². The number of hydrogen-bond donors (Lipinski definition) is 1. The van der Waals surface area contributed by atoms with Crippen LogP contribution in [0.5, 0.6) is 0 Å². The Balaban J connectivity index is 2.22. The second kappa shape index (κ2) is 3.77. The topological polar surface area (TPSA) is 43.3 Å². The number of hydrogen-bond acceptors (Lipinski definition) is 2. The Labute approximate surface area is 103 Å². The van der Waals surface area contributed by atoms with Gasteiger partial charge in [-0.1, -0.05) is 12.8 Å². The fourth-order valence-electron chi connectivity index (χ4n) is 2.61. The van der Waals surface area contributed by atoms with E-state index in [-0.39, 0.29) is 0 Å². The molecular weight excluding hydrogens is 266 g/mol. The smallest absolute Gasteiger partial charge is 0.134 e. The maximum absolute atomic E-state index is 5.98. The lowest BCUT2D eigenvalue weighted by Crippen LogP contribution is -2.00. The number of nitrogens with two attached hydrogens (primary N) is 1. The molecule has 0 aliphatic heterocycles. The third kappa shape index (κ3) is 1.44. The zero-order valence-electron chi connectivity index (χ0n) is 8.99. The minimum Gasteiger partial charge on any atom is -0.397 e. The number of halogens is 1. The van der Waals surface area contributed by atoms with E-state index < -0.39 is 0 Å². The van der Waals surface area contributed by atoms with Crippen molar-refractivity contribution in [1.29, 1.82) is 0 Å². The van der Waals surface area contributed by atoms with E-state index in [0.717, 1.165) is 21.6 Å². The quantitative estimate of drug-likeness (QED) is 0.870. The van der Waals surface area contributed by atoms with Gasteiger partial charge in [0.2, 0.25) is 0 Å². The van der Waals surface area contributed by atoms with E-state index in [1.807, 2.05) is 12.1 Å². The van der Waals surface area contributed by atoms with Crippen LogP contribution in [-0.4, -0.2) is 9.38 Å². The number of imidazole rings is 1. The Hall–Kier alpha value is -1.03. The lowest BCUT2D eigenvalue weighted by Gasteiger charge is -2.07. The monoisotopic (exact) mass is 279 g/mol. The predicted octanol–water partition coefficient (Wildman–Crippen LogP) is 3.34. The van der Waals surface area contributed by atoms with Gasteiger partial charge < -0.3 is 10.1 Å². The molecule has 1 aliphatic rings. The van der Waals surface area contributed by atoms with Gasteiger partial charge in [0.25, 0.3) is 0 Å². The molecule has 0 radical (unpaired) electrons. The molecule has 2 heterocycles. The minimum absolute atomic E-state index is 0.598. The van der Waals surface area contributed by atoms with E-state index in [1.165, 1.54) is 25.7 Å². The number of rotatable bonds is 1. The van der Waals surface area contributed by atoms with Crippen LogP contribution in [0.4, 0.5) is 5.69 Å². The molecule has 0 saturated heterocycles. The summed E-state index contributed by atoms with van der Waals surface area (Å²) in [6.07, 6.45) is 7.19. The van der Waals surface area contributed by atoms with Gasteiger partial charge in [-0.3, -0.25) is 0 Å². The summed E-state index contributed by atoms with van der Waals surface area (Å²) in [6, 6.07) is 3.90. The fraction of sp³-hybridized carbons (Fsp3) is 0.417. The highest BCUT2D eigenvalue weighted by atomic mass is 79.9. The summed E-state index contributed by atoms with van der Waals surface area (Å²) in [7, 11) is 0. The summed E-state index contributed by atoms with van der Waals surface area (Å²) in [5.41, 5.74) is 7.77. The van der Waals surface area contributed by atoms with Gasteiger partial charge in [-0.15, -0.1) is 0 Å². The second-order valence-electron chi connectivity index (χ2n) is 4.42. The number of pyridine rings is 1. The standard InChI is InChI=1S/C12H14BrN3/c13-11-10-9(14)6-3-7-16(10)12(15-11)8-4-1-2-5-8/h3,6-8H,1-2,4-5,14H2. The van der Waals surface area contributed by atoms with Crippen molar-refractivity contribution in [3.63, 3.8) is 0 Å². The van der Waals surface area contributed by atoms with Crippen LogP contribution in [0.15, 0.2) is 22.9 Å². The zero-order chi connectivity index (χ0) is 11.1. The number of nitrogens with zero attached hydrogens (tertiary/aromatic N) is 2. The Kier molecular flexibility index (Phi) is 2.39. The van der Waals surface area contributed by atoms with Gasteiger partial charge in [0.15, 0.2) is 0 Å². The molecule has 4 heteroatoms. The van der Waals surface area contributed by atoms with E-state index in [4.69, 9.17) is 5.73 Å². The molecule has 2 aromatic rings. The van der Waals surface area contributed by atoms with E-state index in [0.29, 0.717) is 5.92 Å². The highest BCUT2D eigenvalue weighted by molar-refractivity contribution is 9.10. The normalized spacial score (nSPS) is 17.3. The Morgan fingerprint density at radius 1 is 1.38 bits per heavy atom. The van der Waals surface area contributed by atoms with E-state index in [1.54, 1.807) is 0 Å². The zero-order valence-corrected chi connectivity index (χ0v) is 10.6. The molecule has 0 aromatic carbocycles. The maximum atomic E-state index is 5.98. The Morgan fingerprint density at radius 2 is 2.12 bits per heavy atom. The molecule has 0 amide bonds. The summed E-state index contributed by atoms with van der Waals surface area (Å²) >= 11 is 3.50. The molecule has 3 nitrogen and oxygen atoms in total. The number of anilines is 1. The minimum atomic E-state index is 0.598. The van der Waals surface area contributed by atoms with Gasteiger partial charge in [0.1, 0.15) is 15.9 Å². The van der Waals surface area contributed by atoms with E-state index >= 15 is 0 Å². The molecule has 1 fully saturated rings. The number of aromatic nitrogens is 2. The molecule has 1 saturated carbocycles. The summed E-state index contributed by atoms with van der Waals surface area (Å²) < 4.78 is 3.00. The summed E-state index contributed by atoms with van der Waals surface area (Å²) in [5, 5.41) is 0. The number of nitrogen functional groups attached to an aromatic ring is 1. The summed E-state index contributed by atoms with van der Waals surface area (Å²) in [4.78, 5) is 4.63. The molecule has 16 heavy (non-hydrogen) atoms. The van der Waals surface area contributed by atoms with Gasteiger partial charge in [0.05, 0.1) is 5.69 Å². The van der Waals surface area contributed by atoms with Crippen LogP contribution in [-0.2, 0) is 0 Å². The van der Waals surface area contributed by atoms with Gasteiger partial charge in [-0.05, 0) is 40.9 Å². The van der Waals surface area contributed by atoms with Crippen LogP contribution >= 0.6 is 15.9 Å². The molecular formula is C12H14BrN3. The van der Waals surface area contributed by atoms with Crippen LogP contribution in [0.2, 0.25) is 0 Å². The molecule has 0 bridgehead atoms. The molecule has 0 unspecified atom stereocenters. The fourth-order valence-corrected chi connectivity index (χ4v) is 3.22. The van der Waals surface area contributed by atoms with Crippen LogP contribution in [0, 0.1) is 0 Å². The Morgan fingerprint density at radius 3 is 2.88 bits per heavy atom. The first-order chi connectivity index (χ1) is 7.77. The molecule has 84 valence electrons. The van der Waals surface area contributed by atoms with Gasteiger partial charge in [0, 0.05) is 12.1 Å². The molecule has 0 atom stereocenters. The molecule has 3 rings (SSSR count). The van der Waals surface area contributed by atoms with Crippen molar-refractivity contribution in [1.82, 2.24) is 9.38 Å². The average molecular weight is 280 g/mol. The first kappa shape index (κ1) is 10.1. The lowest BCUT2D eigenvalue weighted by atomic mass is 10.1.